The van der Waals surface area contributed by atoms with E-state index in [0.717, 1.165) is 61.2 Å². The first-order valence-electron chi connectivity index (χ1n) is 14.8. The summed E-state index contributed by atoms with van der Waals surface area (Å²) >= 11 is 1.80. The van der Waals surface area contributed by atoms with Gasteiger partial charge in [0.25, 0.3) is 5.91 Å². The molecule has 5 rings (SSSR count). The molecule has 1 saturated carbocycles. The maximum Gasteiger partial charge on any atom is 0.251 e. The molecule has 3 aromatic rings. The normalized spacial score (nSPS) is 17.7. The van der Waals surface area contributed by atoms with E-state index in [1.807, 2.05) is 24.3 Å². The second-order valence-corrected chi connectivity index (χ2v) is 12.5. The van der Waals surface area contributed by atoms with E-state index >= 15 is 0 Å². The summed E-state index contributed by atoms with van der Waals surface area (Å²) in [5, 5.41) is 19.4. The maximum atomic E-state index is 13.8. The molecule has 0 spiro atoms. The van der Waals surface area contributed by atoms with Crippen LogP contribution >= 0.6 is 11.9 Å². The monoisotopic (exact) mass is 548 g/mol. The molecule has 39 heavy (non-hydrogen) atoms. The van der Waals surface area contributed by atoms with Gasteiger partial charge in [-0.3, -0.25) is 4.79 Å². The van der Waals surface area contributed by atoms with Gasteiger partial charge in [0.2, 0.25) is 0 Å². The van der Waals surface area contributed by atoms with Crippen LogP contribution in [0, 0.1) is 0 Å². The van der Waals surface area contributed by atoms with E-state index < -0.39 is 6.10 Å². The van der Waals surface area contributed by atoms with Crippen molar-refractivity contribution >= 4 is 34.4 Å². The largest absolute Gasteiger partial charge is 0.390 e. The number of carbonyl (C=O) groups excluding carboxylic acids is 1. The van der Waals surface area contributed by atoms with Crippen LogP contribution in [0.1, 0.15) is 73.4 Å². The van der Waals surface area contributed by atoms with Gasteiger partial charge < -0.3 is 24.6 Å². The zero-order valence-electron chi connectivity index (χ0n) is 23.5. The van der Waals surface area contributed by atoms with Crippen LogP contribution in [0.5, 0.6) is 0 Å². The summed E-state index contributed by atoms with van der Waals surface area (Å²) in [7, 11) is 2.10. The van der Waals surface area contributed by atoms with Crippen LogP contribution in [-0.4, -0.2) is 53.1 Å². The van der Waals surface area contributed by atoms with E-state index in [2.05, 4.69) is 57.9 Å². The zero-order valence-corrected chi connectivity index (χ0v) is 24.3. The summed E-state index contributed by atoms with van der Waals surface area (Å²) in [6, 6.07) is 14.3. The third-order valence-electron chi connectivity index (χ3n) is 8.35. The lowest BCUT2D eigenvalue weighted by molar-refractivity contribution is 0.0821. The summed E-state index contributed by atoms with van der Waals surface area (Å²) in [6.07, 6.45) is 11.6. The molecule has 210 valence electrons. The van der Waals surface area contributed by atoms with E-state index in [1.165, 1.54) is 30.2 Å². The summed E-state index contributed by atoms with van der Waals surface area (Å²) in [6.45, 7) is 3.65. The number of aryl methyl sites for hydroxylation is 2. The average Bonchev–Trinajstić information content (AvgIpc) is 3.23. The van der Waals surface area contributed by atoms with E-state index in [0.29, 0.717) is 24.6 Å². The number of benzene rings is 2. The zero-order chi connectivity index (χ0) is 27.2. The Morgan fingerprint density at radius 3 is 2.72 bits per heavy atom. The molecule has 2 atom stereocenters. The van der Waals surface area contributed by atoms with E-state index in [-0.39, 0.29) is 11.9 Å². The molecule has 0 radical (unpaired) electrons. The van der Waals surface area contributed by atoms with Crippen molar-refractivity contribution in [3.05, 3.63) is 65.4 Å². The van der Waals surface area contributed by atoms with Crippen molar-refractivity contribution in [1.82, 2.24) is 15.2 Å². The molecule has 0 bridgehead atoms. The molecule has 3 N–H and O–H groups in total. The Bertz CT molecular complexity index is 1240. The van der Waals surface area contributed by atoms with Crippen LogP contribution in [0.4, 0.5) is 5.69 Å². The van der Waals surface area contributed by atoms with Gasteiger partial charge in [-0.05, 0) is 67.3 Å². The van der Waals surface area contributed by atoms with Crippen LogP contribution in [0.25, 0.3) is 10.9 Å². The molecule has 1 fully saturated rings. The van der Waals surface area contributed by atoms with Gasteiger partial charge in [0.05, 0.1) is 23.3 Å². The van der Waals surface area contributed by atoms with Crippen LogP contribution in [-0.2, 0) is 19.4 Å². The predicted molar refractivity (Wildman–Crippen MR) is 164 cm³/mol. The van der Waals surface area contributed by atoms with Crippen molar-refractivity contribution in [1.29, 1.82) is 0 Å². The number of unbranched alkanes of at least 4 members (excludes halogenated alkanes) is 1. The summed E-state index contributed by atoms with van der Waals surface area (Å²) in [5.74, 6) is 0.900. The van der Waals surface area contributed by atoms with Gasteiger partial charge in [-0.2, -0.15) is 0 Å². The molecule has 0 saturated heterocycles. The Hall–Kier alpha value is -2.48. The number of nitrogens with one attached hydrogen (secondary N) is 2. The minimum absolute atomic E-state index is 0.127. The topological polar surface area (TPSA) is 69.5 Å². The molecule has 1 amide bonds. The maximum absolute atomic E-state index is 13.8. The number of carbonyl (C=O) groups is 1. The fourth-order valence-corrected chi connectivity index (χ4v) is 6.94. The number of aliphatic hydroxyl groups is 1. The number of amides is 1. The van der Waals surface area contributed by atoms with Gasteiger partial charge in [-0.25, -0.2) is 0 Å². The van der Waals surface area contributed by atoms with Gasteiger partial charge in [-0.1, -0.05) is 62.9 Å². The molecular weight excluding hydrogens is 504 g/mol. The Labute approximate surface area is 237 Å². The second-order valence-electron chi connectivity index (χ2n) is 11.3. The van der Waals surface area contributed by atoms with E-state index in [9.17, 15) is 9.90 Å². The fourth-order valence-electron chi connectivity index (χ4n) is 6.07. The smallest absolute Gasteiger partial charge is 0.251 e. The molecular formula is C32H44N4O2S. The Morgan fingerprint density at radius 1 is 1.15 bits per heavy atom. The van der Waals surface area contributed by atoms with Crippen molar-refractivity contribution in [2.24, 2.45) is 0 Å². The van der Waals surface area contributed by atoms with Crippen LogP contribution in [0.3, 0.4) is 0 Å². The van der Waals surface area contributed by atoms with Crippen molar-refractivity contribution in [2.45, 2.75) is 89.4 Å². The van der Waals surface area contributed by atoms with E-state index in [4.69, 9.17) is 0 Å². The van der Waals surface area contributed by atoms with Gasteiger partial charge >= 0.3 is 0 Å². The van der Waals surface area contributed by atoms with E-state index in [1.54, 1.807) is 11.9 Å². The van der Waals surface area contributed by atoms with Crippen LogP contribution in [0.2, 0.25) is 0 Å². The van der Waals surface area contributed by atoms with Crippen molar-refractivity contribution in [3.63, 3.8) is 0 Å². The standard InChI is InChI=1S/C32H44N4O2S/c1-3-4-16-36-22-24-15-17-39-35(2)28-19-25(20-29(36)31(24)28)32(38)34-27(18-23-11-7-5-8-12-23)30(37)21-33-26-13-9-6-10-14-26/h5,7-8,11-12,19-20,22,26-27,30,33,37H,3-4,6,9-10,13-18,21H2,1-2H3,(H,34,38)/t27-,30+/m0/s1. The molecule has 1 aliphatic carbocycles. The van der Waals surface area contributed by atoms with Gasteiger partial charge in [0.1, 0.15) is 0 Å². The summed E-state index contributed by atoms with van der Waals surface area (Å²) < 4.78 is 4.55. The molecule has 2 aromatic carbocycles. The first-order chi connectivity index (χ1) is 19.0. The first kappa shape index (κ1) is 28.1. The number of aliphatic hydroxyl groups excluding tert-OH is 1. The molecule has 0 unspecified atom stereocenters. The second kappa shape index (κ2) is 13.2. The number of nitrogens with zero attached hydrogens (tertiary/aromatic N) is 2. The Kier molecular flexibility index (Phi) is 9.53. The number of aromatic nitrogens is 1. The fraction of sp³-hybridized carbons (Fsp3) is 0.531. The van der Waals surface area contributed by atoms with Crippen LogP contribution in [0.15, 0.2) is 48.7 Å². The highest BCUT2D eigenvalue weighted by molar-refractivity contribution is 8.00. The third kappa shape index (κ3) is 6.82. The summed E-state index contributed by atoms with van der Waals surface area (Å²) in [5.41, 5.74) is 5.36. The quantitative estimate of drug-likeness (QED) is 0.268. The number of hydrogen-bond donors (Lipinski definition) is 3. The van der Waals surface area contributed by atoms with Gasteiger partial charge in [-0.15, -0.1) is 0 Å². The molecule has 2 aliphatic rings. The molecule has 2 heterocycles. The van der Waals surface area contributed by atoms with Crippen molar-refractivity contribution < 1.29 is 9.90 Å². The number of hydrogen-bond acceptors (Lipinski definition) is 5. The van der Waals surface area contributed by atoms with Crippen LogP contribution < -0.4 is 14.9 Å². The predicted octanol–water partition coefficient (Wildman–Crippen LogP) is 5.71. The lowest BCUT2D eigenvalue weighted by atomic mass is 9.94. The molecule has 1 aromatic heterocycles. The minimum atomic E-state index is -0.681. The number of rotatable bonds is 11. The Morgan fingerprint density at radius 2 is 1.95 bits per heavy atom. The van der Waals surface area contributed by atoms with Crippen molar-refractivity contribution in [3.8, 4) is 0 Å². The lowest BCUT2D eigenvalue weighted by Gasteiger charge is -2.28. The Balaban J connectivity index is 1.40. The highest BCUT2D eigenvalue weighted by Crippen LogP contribution is 2.38. The van der Waals surface area contributed by atoms with Crippen molar-refractivity contribution in [2.75, 3.05) is 23.7 Å². The molecule has 7 heteroatoms. The molecule has 6 nitrogen and oxygen atoms in total. The SMILES string of the molecule is CCCCn1cc2c3c(cc(C(=O)N[C@@H](Cc4ccccc4)[C@H](O)CNC4CCCCC4)cc31)N(C)SCC2. The highest BCUT2D eigenvalue weighted by atomic mass is 32.2. The molecule has 1 aliphatic heterocycles. The highest BCUT2D eigenvalue weighted by Gasteiger charge is 2.26. The minimum Gasteiger partial charge on any atom is -0.390 e. The lowest BCUT2D eigenvalue weighted by Crippen LogP contribution is -2.50. The average molecular weight is 549 g/mol. The van der Waals surface area contributed by atoms with Gasteiger partial charge in [0, 0.05) is 49.1 Å². The summed E-state index contributed by atoms with van der Waals surface area (Å²) in [4.78, 5) is 13.8. The van der Waals surface area contributed by atoms with Gasteiger partial charge in [0.15, 0.2) is 0 Å². The first-order valence-corrected chi connectivity index (χ1v) is 15.8. The third-order valence-corrected chi connectivity index (χ3v) is 9.32. The number of anilines is 1.